The number of carboxylic acids is 1. The van der Waals surface area contributed by atoms with Crippen LogP contribution in [0.5, 0.6) is 0 Å². The Hall–Kier alpha value is -0.700. The fraction of sp³-hybridized carbons (Fsp3) is 0.923. The smallest absolute Gasteiger partial charge is 0.310 e. The van der Waals surface area contributed by atoms with E-state index in [1.165, 1.54) is 8.61 Å². The maximum Gasteiger partial charge on any atom is 0.310 e. The molecule has 8 heteroatoms. The summed E-state index contributed by atoms with van der Waals surface area (Å²) in [6.45, 7) is 3.88. The lowest BCUT2D eigenvalue weighted by Crippen LogP contribution is -2.55. The predicted molar refractivity (Wildman–Crippen MR) is 77.1 cm³/mol. The summed E-state index contributed by atoms with van der Waals surface area (Å²) in [5, 5.41) is 9.56. The van der Waals surface area contributed by atoms with Crippen LogP contribution in [0, 0.1) is 5.41 Å². The van der Waals surface area contributed by atoms with Crippen molar-refractivity contribution in [1.29, 1.82) is 0 Å². The monoisotopic (exact) mass is 320 g/mol. The molecule has 0 aromatic heterocycles. The van der Waals surface area contributed by atoms with E-state index in [4.69, 9.17) is 4.74 Å². The molecule has 0 aromatic carbocycles. The Morgan fingerprint density at radius 3 is 2.48 bits per heavy atom. The van der Waals surface area contributed by atoms with Gasteiger partial charge in [-0.3, -0.25) is 4.79 Å². The third-order valence-corrected chi connectivity index (χ3v) is 6.33. The number of carboxylic acid groups (broad SMARTS) is 1. The summed E-state index contributed by atoms with van der Waals surface area (Å²) in [4.78, 5) is 11.7. The third kappa shape index (κ3) is 3.39. The molecule has 0 unspecified atom stereocenters. The maximum absolute atomic E-state index is 12.7. The van der Waals surface area contributed by atoms with Crippen molar-refractivity contribution in [3.63, 3.8) is 0 Å². The normalized spacial score (nSPS) is 29.4. The molecule has 2 fully saturated rings. The maximum atomic E-state index is 12.7. The summed E-state index contributed by atoms with van der Waals surface area (Å²) >= 11 is 0. The molecule has 0 aromatic rings. The van der Waals surface area contributed by atoms with Crippen molar-refractivity contribution in [2.45, 2.75) is 32.6 Å². The van der Waals surface area contributed by atoms with Crippen LogP contribution in [0.1, 0.15) is 32.6 Å². The molecule has 2 rings (SSSR count). The number of hydrogen-bond donors (Lipinski definition) is 1. The second-order valence-electron chi connectivity index (χ2n) is 5.79. The van der Waals surface area contributed by atoms with Crippen LogP contribution >= 0.6 is 0 Å². The van der Waals surface area contributed by atoms with Crippen LogP contribution in [-0.2, 0) is 19.7 Å². The minimum absolute atomic E-state index is 0.0792. The van der Waals surface area contributed by atoms with Crippen LogP contribution in [0.25, 0.3) is 0 Å². The highest BCUT2D eigenvalue weighted by Crippen LogP contribution is 2.36. The molecule has 0 spiro atoms. The van der Waals surface area contributed by atoms with E-state index in [-0.39, 0.29) is 6.54 Å². The summed E-state index contributed by atoms with van der Waals surface area (Å²) in [6.07, 6.45) is 2.39. The number of ether oxygens (including phenoxy) is 1. The largest absolute Gasteiger partial charge is 0.481 e. The second kappa shape index (κ2) is 6.60. The molecule has 21 heavy (non-hydrogen) atoms. The molecule has 7 nitrogen and oxygen atoms in total. The first-order valence-electron chi connectivity index (χ1n) is 7.49. The Morgan fingerprint density at radius 1 is 1.24 bits per heavy atom. The van der Waals surface area contributed by atoms with Gasteiger partial charge in [0.05, 0.1) is 18.6 Å². The van der Waals surface area contributed by atoms with Crippen molar-refractivity contribution >= 4 is 16.2 Å². The molecule has 122 valence electrons. The lowest BCUT2D eigenvalue weighted by Gasteiger charge is -2.41. The molecule has 2 saturated heterocycles. The number of rotatable bonds is 5. The molecule has 2 aliphatic rings. The summed E-state index contributed by atoms with van der Waals surface area (Å²) < 4.78 is 33.3. The zero-order valence-corrected chi connectivity index (χ0v) is 13.3. The second-order valence-corrected chi connectivity index (χ2v) is 7.72. The van der Waals surface area contributed by atoms with Gasteiger partial charge in [-0.2, -0.15) is 17.0 Å². The summed E-state index contributed by atoms with van der Waals surface area (Å²) in [7, 11) is -3.58. The topological polar surface area (TPSA) is 87.2 Å². The highest BCUT2D eigenvalue weighted by molar-refractivity contribution is 7.86. The Morgan fingerprint density at radius 2 is 1.90 bits per heavy atom. The van der Waals surface area contributed by atoms with Crippen molar-refractivity contribution in [3.05, 3.63) is 0 Å². The fourth-order valence-corrected chi connectivity index (χ4v) is 4.90. The number of morpholine rings is 1. The van der Waals surface area contributed by atoms with Crippen molar-refractivity contribution < 1.29 is 23.1 Å². The molecular formula is C13H24N2O5S. The standard InChI is InChI=1S/C13H24N2O5S/c1-2-4-13(12(16)17)5-3-6-15(11-13)21(18,19)14-7-9-20-10-8-14/h2-11H2,1H3,(H,16,17)/t13-/m0/s1. The molecular weight excluding hydrogens is 296 g/mol. The van der Waals surface area contributed by atoms with Gasteiger partial charge >= 0.3 is 5.97 Å². The lowest BCUT2D eigenvalue weighted by molar-refractivity contribution is -0.152. The minimum atomic E-state index is -3.58. The molecule has 1 atom stereocenters. The molecule has 0 saturated carbocycles. The molecule has 0 radical (unpaired) electrons. The van der Waals surface area contributed by atoms with Crippen molar-refractivity contribution in [1.82, 2.24) is 8.61 Å². The van der Waals surface area contributed by atoms with E-state index < -0.39 is 21.6 Å². The molecule has 0 amide bonds. The van der Waals surface area contributed by atoms with Crippen LogP contribution < -0.4 is 0 Å². The van der Waals surface area contributed by atoms with Crippen LogP contribution in [0.15, 0.2) is 0 Å². The third-order valence-electron chi connectivity index (χ3n) is 4.35. The Kier molecular flexibility index (Phi) is 5.24. The number of hydrogen-bond acceptors (Lipinski definition) is 4. The van der Waals surface area contributed by atoms with Crippen LogP contribution in [0.3, 0.4) is 0 Å². The average Bonchev–Trinajstić information content (AvgIpc) is 2.48. The van der Waals surface area contributed by atoms with E-state index in [2.05, 4.69) is 0 Å². The SMILES string of the molecule is CCC[C@]1(C(=O)O)CCCN(S(=O)(=O)N2CCOCC2)C1. The Bertz CT molecular complexity index is 471. The van der Waals surface area contributed by atoms with E-state index in [0.29, 0.717) is 52.1 Å². The number of carbonyl (C=O) groups is 1. The van der Waals surface area contributed by atoms with Crippen molar-refractivity contribution in [2.24, 2.45) is 5.41 Å². The van der Waals surface area contributed by atoms with Gasteiger partial charge in [-0.1, -0.05) is 13.3 Å². The van der Waals surface area contributed by atoms with Crippen molar-refractivity contribution in [3.8, 4) is 0 Å². The van der Waals surface area contributed by atoms with Gasteiger partial charge < -0.3 is 9.84 Å². The highest BCUT2D eigenvalue weighted by Gasteiger charge is 2.45. The zero-order valence-electron chi connectivity index (χ0n) is 12.5. The van der Waals surface area contributed by atoms with Crippen LogP contribution in [0.2, 0.25) is 0 Å². The quantitative estimate of drug-likeness (QED) is 0.798. The van der Waals surface area contributed by atoms with Gasteiger partial charge in [0, 0.05) is 26.2 Å². The van der Waals surface area contributed by atoms with Gasteiger partial charge in [0.25, 0.3) is 10.2 Å². The highest BCUT2D eigenvalue weighted by atomic mass is 32.2. The van der Waals surface area contributed by atoms with Gasteiger partial charge in [0.2, 0.25) is 0 Å². The van der Waals surface area contributed by atoms with Crippen LogP contribution in [-0.4, -0.2) is 67.5 Å². The number of aliphatic carboxylic acids is 1. The van der Waals surface area contributed by atoms with Gasteiger partial charge in [-0.15, -0.1) is 0 Å². The van der Waals surface area contributed by atoms with Crippen LogP contribution in [0.4, 0.5) is 0 Å². The lowest BCUT2D eigenvalue weighted by atomic mass is 9.77. The first-order chi connectivity index (χ1) is 9.92. The minimum Gasteiger partial charge on any atom is -0.481 e. The first-order valence-corrected chi connectivity index (χ1v) is 8.88. The fourth-order valence-electron chi connectivity index (χ4n) is 3.19. The summed E-state index contributed by atoms with van der Waals surface area (Å²) in [5.74, 6) is -0.883. The molecule has 2 aliphatic heterocycles. The molecule has 1 N–H and O–H groups in total. The van der Waals surface area contributed by atoms with E-state index in [9.17, 15) is 18.3 Å². The van der Waals surface area contributed by atoms with Gasteiger partial charge in [-0.05, 0) is 19.3 Å². The predicted octanol–water partition coefficient (Wildman–Crippen LogP) is 0.530. The first kappa shape index (κ1) is 16.7. The Labute approximate surface area is 126 Å². The Balaban J connectivity index is 2.17. The molecule has 2 heterocycles. The zero-order chi connectivity index (χ0) is 15.5. The van der Waals surface area contributed by atoms with E-state index in [1.807, 2.05) is 6.92 Å². The summed E-state index contributed by atoms with van der Waals surface area (Å²) in [6, 6.07) is 0. The van der Waals surface area contributed by atoms with Crippen molar-refractivity contribution in [2.75, 3.05) is 39.4 Å². The molecule has 0 bridgehead atoms. The average molecular weight is 320 g/mol. The molecule has 0 aliphatic carbocycles. The van der Waals surface area contributed by atoms with E-state index >= 15 is 0 Å². The number of nitrogens with zero attached hydrogens (tertiary/aromatic N) is 2. The summed E-state index contributed by atoms with van der Waals surface area (Å²) in [5.41, 5.74) is -0.938. The van der Waals surface area contributed by atoms with Gasteiger partial charge in [0.15, 0.2) is 0 Å². The van der Waals surface area contributed by atoms with Gasteiger partial charge in [0.1, 0.15) is 0 Å². The van der Waals surface area contributed by atoms with Gasteiger partial charge in [-0.25, -0.2) is 0 Å². The van der Waals surface area contributed by atoms with E-state index in [0.717, 1.165) is 6.42 Å². The number of piperidine rings is 1. The van der Waals surface area contributed by atoms with E-state index in [1.54, 1.807) is 0 Å².